The third-order valence-corrected chi connectivity index (χ3v) is 3.51. The van der Waals surface area contributed by atoms with Gasteiger partial charge in [0.15, 0.2) is 0 Å². The number of hydrogen-bond donors (Lipinski definition) is 1. The van der Waals surface area contributed by atoms with E-state index in [1.54, 1.807) is 11.3 Å². The number of nitrogens with zero attached hydrogens (tertiary/aromatic N) is 1. The van der Waals surface area contributed by atoms with Crippen molar-refractivity contribution in [2.75, 3.05) is 6.61 Å². The largest absolute Gasteiger partial charge is 0.373 e. The first kappa shape index (κ1) is 13.6. The van der Waals surface area contributed by atoms with Crippen LogP contribution in [0.5, 0.6) is 0 Å². The molecule has 1 rings (SSSR count). The molecule has 1 aromatic heterocycles. The van der Waals surface area contributed by atoms with Crippen LogP contribution < -0.4 is 5.73 Å². The SMILES string of the molecule is CCCc1nc(COCC(C)(N)CC)cs1. The minimum atomic E-state index is -0.220. The van der Waals surface area contributed by atoms with Crippen LogP contribution in [0, 0.1) is 0 Å². The fraction of sp³-hybridized carbons (Fsp3) is 0.750. The van der Waals surface area contributed by atoms with Crippen molar-refractivity contribution in [2.45, 2.75) is 52.2 Å². The van der Waals surface area contributed by atoms with Crippen LogP contribution in [0.1, 0.15) is 44.3 Å². The molecule has 0 amide bonds. The van der Waals surface area contributed by atoms with Crippen molar-refractivity contribution in [1.82, 2.24) is 4.98 Å². The predicted octanol–water partition coefficient (Wildman–Crippen LogP) is 2.74. The molecule has 0 saturated carbocycles. The van der Waals surface area contributed by atoms with Gasteiger partial charge in [0.05, 0.1) is 23.9 Å². The summed E-state index contributed by atoms with van der Waals surface area (Å²) in [4.78, 5) is 4.50. The molecule has 1 heterocycles. The molecular weight excluding hydrogens is 220 g/mol. The highest BCUT2D eigenvalue weighted by Crippen LogP contribution is 2.13. The number of ether oxygens (including phenoxy) is 1. The lowest BCUT2D eigenvalue weighted by molar-refractivity contribution is 0.0760. The summed E-state index contributed by atoms with van der Waals surface area (Å²) in [5, 5.41) is 3.28. The molecule has 0 aliphatic rings. The van der Waals surface area contributed by atoms with Crippen LogP contribution in [0.25, 0.3) is 0 Å². The van der Waals surface area contributed by atoms with Crippen molar-refractivity contribution in [3.63, 3.8) is 0 Å². The van der Waals surface area contributed by atoms with Crippen molar-refractivity contribution in [3.8, 4) is 0 Å². The highest BCUT2D eigenvalue weighted by atomic mass is 32.1. The minimum Gasteiger partial charge on any atom is -0.373 e. The Kier molecular flexibility index (Phi) is 5.38. The summed E-state index contributed by atoms with van der Waals surface area (Å²) >= 11 is 1.72. The first-order valence-electron chi connectivity index (χ1n) is 5.87. The molecule has 3 nitrogen and oxygen atoms in total. The van der Waals surface area contributed by atoms with E-state index in [0.717, 1.165) is 25.0 Å². The van der Waals surface area contributed by atoms with Gasteiger partial charge in [0, 0.05) is 10.9 Å². The highest BCUT2D eigenvalue weighted by Gasteiger charge is 2.15. The van der Waals surface area contributed by atoms with Gasteiger partial charge in [0.1, 0.15) is 0 Å². The molecule has 0 fully saturated rings. The lowest BCUT2D eigenvalue weighted by Crippen LogP contribution is -2.40. The van der Waals surface area contributed by atoms with Gasteiger partial charge in [0.25, 0.3) is 0 Å². The molecule has 0 saturated heterocycles. The zero-order chi connectivity index (χ0) is 12.0. The molecule has 16 heavy (non-hydrogen) atoms. The third-order valence-electron chi connectivity index (χ3n) is 2.55. The first-order chi connectivity index (χ1) is 7.57. The lowest BCUT2D eigenvalue weighted by atomic mass is 10.0. The fourth-order valence-corrected chi connectivity index (χ4v) is 2.12. The maximum Gasteiger partial charge on any atom is 0.0929 e. The van der Waals surface area contributed by atoms with Gasteiger partial charge >= 0.3 is 0 Å². The lowest BCUT2D eigenvalue weighted by Gasteiger charge is -2.21. The zero-order valence-corrected chi connectivity index (χ0v) is 11.3. The van der Waals surface area contributed by atoms with Gasteiger partial charge in [-0.25, -0.2) is 4.98 Å². The van der Waals surface area contributed by atoms with E-state index in [0.29, 0.717) is 13.2 Å². The monoisotopic (exact) mass is 242 g/mol. The van der Waals surface area contributed by atoms with Crippen molar-refractivity contribution in [3.05, 3.63) is 16.1 Å². The summed E-state index contributed by atoms with van der Waals surface area (Å²) < 4.78 is 5.59. The van der Waals surface area contributed by atoms with Crippen molar-refractivity contribution < 1.29 is 4.74 Å². The standard InChI is InChI=1S/C12H22N2OS/c1-4-6-11-14-10(8-16-11)7-15-9-12(3,13)5-2/h8H,4-7,9,13H2,1-3H3. The highest BCUT2D eigenvalue weighted by molar-refractivity contribution is 7.09. The maximum absolute atomic E-state index is 5.99. The Balaban J connectivity index is 2.31. The Morgan fingerprint density at radius 2 is 2.25 bits per heavy atom. The minimum absolute atomic E-state index is 0.220. The van der Waals surface area contributed by atoms with E-state index in [2.05, 4.69) is 24.2 Å². The van der Waals surface area contributed by atoms with E-state index in [9.17, 15) is 0 Å². The summed E-state index contributed by atoms with van der Waals surface area (Å²) in [5.41, 5.74) is 6.80. The summed E-state index contributed by atoms with van der Waals surface area (Å²) in [6, 6.07) is 0. The third kappa shape index (κ3) is 4.60. The van der Waals surface area contributed by atoms with Crippen LogP contribution in [0.4, 0.5) is 0 Å². The molecule has 0 aliphatic heterocycles. The van der Waals surface area contributed by atoms with E-state index in [4.69, 9.17) is 10.5 Å². The quantitative estimate of drug-likeness (QED) is 0.799. The second-order valence-electron chi connectivity index (χ2n) is 4.48. The second-order valence-corrected chi connectivity index (χ2v) is 5.43. The van der Waals surface area contributed by atoms with Crippen molar-refractivity contribution >= 4 is 11.3 Å². The molecule has 1 unspecified atom stereocenters. The van der Waals surface area contributed by atoms with Crippen LogP contribution in [-0.2, 0) is 17.8 Å². The molecule has 4 heteroatoms. The van der Waals surface area contributed by atoms with Crippen LogP contribution in [-0.4, -0.2) is 17.1 Å². The molecule has 0 aromatic carbocycles. The van der Waals surface area contributed by atoms with Gasteiger partial charge in [-0.3, -0.25) is 0 Å². The van der Waals surface area contributed by atoms with Crippen LogP contribution >= 0.6 is 11.3 Å². The van der Waals surface area contributed by atoms with E-state index in [1.165, 1.54) is 5.01 Å². The molecule has 1 aromatic rings. The van der Waals surface area contributed by atoms with Crippen molar-refractivity contribution in [1.29, 1.82) is 0 Å². The number of aromatic nitrogens is 1. The van der Waals surface area contributed by atoms with Gasteiger partial charge in [0.2, 0.25) is 0 Å². The summed E-state index contributed by atoms with van der Waals surface area (Å²) in [6.45, 7) is 7.41. The van der Waals surface area contributed by atoms with Gasteiger partial charge < -0.3 is 10.5 Å². The smallest absolute Gasteiger partial charge is 0.0929 e. The number of thiazole rings is 1. The average molecular weight is 242 g/mol. The Morgan fingerprint density at radius 3 is 2.88 bits per heavy atom. The maximum atomic E-state index is 5.99. The molecule has 0 aliphatic carbocycles. The molecule has 0 spiro atoms. The normalized spacial score (nSPS) is 15.0. The summed E-state index contributed by atoms with van der Waals surface area (Å²) in [7, 11) is 0. The Morgan fingerprint density at radius 1 is 1.50 bits per heavy atom. The predicted molar refractivity (Wildman–Crippen MR) is 68.6 cm³/mol. The van der Waals surface area contributed by atoms with E-state index < -0.39 is 0 Å². The number of hydrogen-bond acceptors (Lipinski definition) is 4. The molecule has 2 N–H and O–H groups in total. The van der Waals surface area contributed by atoms with Gasteiger partial charge in [-0.05, 0) is 26.2 Å². The fourth-order valence-electron chi connectivity index (χ4n) is 1.23. The van der Waals surface area contributed by atoms with Gasteiger partial charge in [-0.1, -0.05) is 13.8 Å². The first-order valence-corrected chi connectivity index (χ1v) is 6.75. The zero-order valence-electron chi connectivity index (χ0n) is 10.5. The average Bonchev–Trinajstić information content (AvgIpc) is 2.66. The molecule has 92 valence electrons. The molecular formula is C12H22N2OS. The van der Waals surface area contributed by atoms with Crippen LogP contribution in [0.3, 0.4) is 0 Å². The Bertz CT molecular complexity index is 310. The summed E-state index contributed by atoms with van der Waals surface area (Å²) in [6.07, 6.45) is 3.13. The molecule has 0 bridgehead atoms. The second kappa shape index (κ2) is 6.33. The van der Waals surface area contributed by atoms with E-state index in [-0.39, 0.29) is 5.54 Å². The van der Waals surface area contributed by atoms with Gasteiger partial charge in [-0.15, -0.1) is 11.3 Å². The number of rotatable bonds is 7. The topological polar surface area (TPSA) is 48.1 Å². The Labute approximate surface area is 102 Å². The number of nitrogens with two attached hydrogens (primary N) is 1. The van der Waals surface area contributed by atoms with E-state index in [1.807, 2.05) is 6.92 Å². The van der Waals surface area contributed by atoms with E-state index >= 15 is 0 Å². The Hall–Kier alpha value is -0.450. The molecule has 0 radical (unpaired) electrons. The van der Waals surface area contributed by atoms with Gasteiger partial charge in [-0.2, -0.15) is 0 Å². The molecule has 1 atom stereocenters. The van der Waals surface area contributed by atoms with Crippen molar-refractivity contribution in [2.24, 2.45) is 5.73 Å². The van der Waals surface area contributed by atoms with Crippen LogP contribution in [0.15, 0.2) is 5.38 Å². The summed E-state index contributed by atoms with van der Waals surface area (Å²) in [5.74, 6) is 0. The number of aryl methyl sites for hydroxylation is 1. The van der Waals surface area contributed by atoms with Crippen LogP contribution in [0.2, 0.25) is 0 Å².